The lowest BCUT2D eigenvalue weighted by Gasteiger charge is -2.18. The number of carbonyl (C=O) groups excluding carboxylic acids is 1. The van der Waals surface area contributed by atoms with Gasteiger partial charge in [0.25, 0.3) is 0 Å². The van der Waals surface area contributed by atoms with E-state index in [1.54, 1.807) is 6.21 Å². The Labute approximate surface area is 168 Å². The van der Waals surface area contributed by atoms with Crippen LogP contribution in [0.15, 0.2) is 70.2 Å². The van der Waals surface area contributed by atoms with Crippen LogP contribution in [0.4, 0.5) is 0 Å². The van der Waals surface area contributed by atoms with Gasteiger partial charge in [0.1, 0.15) is 0 Å². The maximum absolute atomic E-state index is 12.3. The van der Waals surface area contributed by atoms with Crippen molar-refractivity contribution in [1.82, 2.24) is 5.43 Å². The molecule has 1 amide bonds. The second kappa shape index (κ2) is 8.05. The fourth-order valence-electron chi connectivity index (χ4n) is 2.94. The van der Waals surface area contributed by atoms with Crippen LogP contribution < -0.4 is 5.43 Å². The highest BCUT2D eigenvalue weighted by Crippen LogP contribution is 2.27. The SMILES string of the molecule is CC(C)(C)c1ccc(C=NNC(=O)Cc2ccc(Br)c3ccccc23)cc1. The van der Waals surface area contributed by atoms with E-state index >= 15 is 0 Å². The Morgan fingerprint density at radius 2 is 1.67 bits per heavy atom. The zero-order valence-electron chi connectivity index (χ0n) is 15.8. The molecule has 0 heterocycles. The van der Waals surface area contributed by atoms with Gasteiger partial charge in [0.05, 0.1) is 12.6 Å². The number of hydrogen-bond donors (Lipinski definition) is 1. The van der Waals surface area contributed by atoms with Gasteiger partial charge in [0.2, 0.25) is 5.91 Å². The Kier molecular flexibility index (Phi) is 5.76. The van der Waals surface area contributed by atoms with E-state index in [9.17, 15) is 4.79 Å². The number of fused-ring (bicyclic) bond motifs is 1. The zero-order chi connectivity index (χ0) is 19.4. The van der Waals surface area contributed by atoms with Crippen molar-refractivity contribution in [3.05, 3.63) is 81.8 Å². The van der Waals surface area contributed by atoms with Crippen LogP contribution in [0.25, 0.3) is 10.8 Å². The van der Waals surface area contributed by atoms with Gasteiger partial charge >= 0.3 is 0 Å². The molecule has 3 aromatic carbocycles. The minimum atomic E-state index is -0.134. The van der Waals surface area contributed by atoms with E-state index in [2.05, 4.69) is 59.4 Å². The predicted molar refractivity (Wildman–Crippen MR) is 116 cm³/mol. The Morgan fingerprint density at radius 3 is 2.33 bits per heavy atom. The largest absolute Gasteiger partial charge is 0.273 e. The lowest BCUT2D eigenvalue weighted by atomic mass is 9.87. The second-order valence-electron chi connectivity index (χ2n) is 7.59. The molecule has 0 spiro atoms. The lowest BCUT2D eigenvalue weighted by molar-refractivity contribution is -0.120. The third-order valence-corrected chi connectivity index (χ3v) is 5.18. The fourth-order valence-corrected chi connectivity index (χ4v) is 3.42. The number of nitrogens with one attached hydrogen (secondary N) is 1. The Balaban J connectivity index is 1.65. The minimum Gasteiger partial charge on any atom is -0.273 e. The summed E-state index contributed by atoms with van der Waals surface area (Å²) < 4.78 is 1.03. The van der Waals surface area contributed by atoms with Crippen LogP contribution in [0, 0.1) is 0 Å². The minimum absolute atomic E-state index is 0.122. The molecule has 138 valence electrons. The van der Waals surface area contributed by atoms with Crippen molar-refractivity contribution < 1.29 is 4.79 Å². The number of rotatable bonds is 4. The predicted octanol–water partition coefficient (Wildman–Crippen LogP) is 5.59. The van der Waals surface area contributed by atoms with E-state index in [4.69, 9.17) is 0 Å². The number of amides is 1. The molecule has 1 N–H and O–H groups in total. The van der Waals surface area contributed by atoms with Crippen LogP contribution in [0.3, 0.4) is 0 Å². The molecule has 0 aliphatic rings. The third-order valence-electron chi connectivity index (χ3n) is 4.49. The molecule has 0 bridgehead atoms. The number of hydrogen-bond acceptors (Lipinski definition) is 2. The van der Waals surface area contributed by atoms with E-state index < -0.39 is 0 Å². The molecule has 3 aromatic rings. The Hall–Kier alpha value is -2.46. The summed E-state index contributed by atoms with van der Waals surface area (Å²) in [6.45, 7) is 6.55. The van der Waals surface area contributed by atoms with E-state index in [1.165, 1.54) is 5.56 Å². The summed E-state index contributed by atoms with van der Waals surface area (Å²) in [5.74, 6) is -0.134. The van der Waals surface area contributed by atoms with Crippen molar-refractivity contribution in [2.24, 2.45) is 5.10 Å². The zero-order valence-corrected chi connectivity index (χ0v) is 17.4. The van der Waals surface area contributed by atoms with Gasteiger partial charge in [-0.25, -0.2) is 5.43 Å². The van der Waals surface area contributed by atoms with E-state index in [-0.39, 0.29) is 17.7 Å². The molecule has 0 aliphatic carbocycles. The molecule has 0 fully saturated rings. The van der Waals surface area contributed by atoms with Crippen LogP contribution in [-0.2, 0) is 16.6 Å². The van der Waals surface area contributed by atoms with Gasteiger partial charge in [-0.15, -0.1) is 0 Å². The molecule has 0 saturated heterocycles. The molecule has 0 unspecified atom stereocenters. The normalized spacial score (nSPS) is 11.9. The van der Waals surface area contributed by atoms with E-state index in [0.29, 0.717) is 0 Å². The quantitative estimate of drug-likeness (QED) is 0.431. The van der Waals surface area contributed by atoms with Gasteiger partial charge in [-0.3, -0.25) is 4.79 Å². The number of carbonyl (C=O) groups is 1. The highest BCUT2D eigenvalue weighted by atomic mass is 79.9. The van der Waals surface area contributed by atoms with Gasteiger partial charge in [-0.05, 0) is 38.9 Å². The fraction of sp³-hybridized carbons (Fsp3) is 0.217. The summed E-state index contributed by atoms with van der Waals surface area (Å²) in [6, 6.07) is 20.2. The smallest absolute Gasteiger partial charge is 0.244 e. The molecule has 4 heteroatoms. The third kappa shape index (κ3) is 4.83. The van der Waals surface area contributed by atoms with Crippen molar-refractivity contribution in [1.29, 1.82) is 0 Å². The van der Waals surface area contributed by atoms with Crippen LogP contribution >= 0.6 is 15.9 Å². The molecule has 27 heavy (non-hydrogen) atoms. The first-order chi connectivity index (χ1) is 12.8. The van der Waals surface area contributed by atoms with Gasteiger partial charge in [-0.1, -0.05) is 91.3 Å². The topological polar surface area (TPSA) is 41.5 Å². The van der Waals surface area contributed by atoms with Crippen molar-refractivity contribution in [2.45, 2.75) is 32.6 Å². The summed E-state index contributed by atoms with van der Waals surface area (Å²) in [4.78, 5) is 12.3. The monoisotopic (exact) mass is 422 g/mol. The van der Waals surface area contributed by atoms with Crippen molar-refractivity contribution >= 4 is 38.8 Å². The number of hydrazone groups is 1. The van der Waals surface area contributed by atoms with Crippen molar-refractivity contribution in [3.63, 3.8) is 0 Å². The Morgan fingerprint density at radius 1 is 1.00 bits per heavy atom. The average Bonchev–Trinajstić information content (AvgIpc) is 2.64. The first kappa shape index (κ1) is 19.3. The van der Waals surface area contributed by atoms with E-state index in [1.807, 2.05) is 48.5 Å². The van der Waals surface area contributed by atoms with E-state index in [0.717, 1.165) is 26.4 Å². The first-order valence-electron chi connectivity index (χ1n) is 8.93. The molecule has 0 saturated carbocycles. The van der Waals surface area contributed by atoms with Crippen molar-refractivity contribution in [3.8, 4) is 0 Å². The molecule has 3 rings (SSSR count). The Bertz CT molecular complexity index is 985. The highest BCUT2D eigenvalue weighted by molar-refractivity contribution is 9.10. The maximum atomic E-state index is 12.3. The van der Waals surface area contributed by atoms with Gasteiger partial charge in [0, 0.05) is 4.47 Å². The first-order valence-corrected chi connectivity index (χ1v) is 9.72. The number of halogens is 1. The van der Waals surface area contributed by atoms with Crippen LogP contribution in [0.1, 0.15) is 37.5 Å². The second-order valence-corrected chi connectivity index (χ2v) is 8.45. The van der Waals surface area contributed by atoms with Crippen LogP contribution in [0.5, 0.6) is 0 Å². The summed E-state index contributed by atoms with van der Waals surface area (Å²) in [6.07, 6.45) is 1.96. The van der Waals surface area contributed by atoms with Crippen LogP contribution in [-0.4, -0.2) is 12.1 Å². The summed E-state index contributed by atoms with van der Waals surface area (Å²) >= 11 is 3.56. The molecule has 0 radical (unpaired) electrons. The highest BCUT2D eigenvalue weighted by Gasteiger charge is 2.12. The van der Waals surface area contributed by atoms with Gasteiger partial charge in [-0.2, -0.15) is 5.10 Å². The lowest BCUT2D eigenvalue weighted by Crippen LogP contribution is -2.20. The number of benzene rings is 3. The summed E-state index contributed by atoms with van der Waals surface area (Å²) in [7, 11) is 0. The molecule has 3 nitrogen and oxygen atoms in total. The summed E-state index contributed by atoms with van der Waals surface area (Å²) in [5, 5.41) is 6.27. The molecule has 0 aliphatic heterocycles. The molecule has 0 atom stereocenters. The van der Waals surface area contributed by atoms with Gasteiger partial charge < -0.3 is 0 Å². The average molecular weight is 423 g/mol. The standard InChI is InChI=1S/C23H23BrN2O/c1-23(2,3)18-11-8-16(9-12-18)15-25-26-22(27)14-17-10-13-21(24)20-7-5-4-6-19(17)20/h4-13,15H,14H2,1-3H3,(H,26,27). The van der Waals surface area contributed by atoms with Gasteiger partial charge in [0.15, 0.2) is 0 Å². The van der Waals surface area contributed by atoms with Crippen molar-refractivity contribution in [2.75, 3.05) is 0 Å². The van der Waals surface area contributed by atoms with Crippen LogP contribution in [0.2, 0.25) is 0 Å². The molecule has 0 aromatic heterocycles. The summed E-state index contributed by atoms with van der Waals surface area (Å²) in [5.41, 5.74) is 5.95. The molecular weight excluding hydrogens is 400 g/mol. The maximum Gasteiger partial charge on any atom is 0.244 e. The molecular formula is C23H23BrN2O. The number of nitrogens with zero attached hydrogens (tertiary/aromatic N) is 1.